The summed E-state index contributed by atoms with van der Waals surface area (Å²) in [6, 6.07) is 3.61. The first-order valence-corrected chi connectivity index (χ1v) is 5.00. The Bertz CT molecular complexity index is 391. The van der Waals surface area contributed by atoms with Crippen molar-refractivity contribution in [2.75, 3.05) is 7.05 Å². The minimum Gasteiger partial charge on any atom is -0.337 e. The van der Waals surface area contributed by atoms with Gasteiger partial charge in [-0.2, -0.15) is 0 Å². The Hall–Kier alpha value is -0.540. The summed E-state index contributed by atoms with van der Waals surface area (Å²) in [5.41, 5.74) is 1.62. The second kappa shape index (κ2) is 3.00. The maximum atomic E-state index is 11.6. The highest BCUT2D eigenvalue weighted by Crippen LogP contribution is 2.33. The van der Waals surface area contributed by atoms with Crippen LogP contribution in [-0.2, 0) is 6.54 Å². The largest absolute Gasteiger partial charge is 0.337 e. The zero-order valence-corrected chi connectivity index (χ0v) is 9.32. The van der Waals surface area contributed by atoms with Crippen LogP contribution in [0.1, 0.15) is 15.9 Å². The quantitative estimate of drug-likeness (QED) is 0.702. The summed E-state index contributed by atoms with van der Waals surface area (Å²) >= 11 is 9.33. The third-order valence-electron chi connectivity index (χ3n) is 2.16. The maximum Gasteiger partial charge on any atom is 0.255 e. The lowest BCUT2D eigenvalue weighted by atomic mass is 10.1. The highest BCUT2D eigenvalue weighted by molar-refractivity contribution is 9.10. The molecule has 0 fully saturated rings. The van der Waals surface area contributed by atoms with E-state index in [0.29, 0.717) is 17.1 Å². The molecule has 2 rings (SSSR count). The van der Waals surface area contributed by atoms with Crippen LogP contribution in [0.4, 0.5) is 0 Å². The van der Waals surface area contributed by atoms with Gasteiger partial charge in [0.15, 0.2) is 0 Å². The van der Waals surface area contributed by atoms with Crippen molar-refractivity contribution in [3.05, 3.63) is 32.8 Å². The van der Waals surface area contributed by atoms with E-state index >= 15 is 0 Å². The van der Waals surface area contributed by atoms with Crippen molar-refractivity contribution >= 4 is 33.4 Å². The molecule has 0 bridgehead atoms. The molecular formula is C9H7BrClNO. The Morgan fingerprint density at radius 2 is 2.23 bits per heavy atom. The van der Waals surface area contributed by atoms with E-state index < -0.39 is 0 Å². The number of hydrogen-bond donors (Lipinski definition) is 0. The number of carbonyl (C=O) groups is 1. The Labute approximate surface area is 89.6 Å². The first-order chi connectivity index (χ1) is 6.11. The van der Waals surface area contributed by atoms with Gasteiger partial charge in [-0.1, -0.05) is 27.5 Å². The Morgan fingerprint density at radius 1 is 1.54 bits per heavy atom. The van der Waals surface area contributed by atoms with E-state index in [1.54, 1.807) is 18.0 Å². The normalized spacial score (nSPS) is 15.0. The van der Waals surface area contributed by atoms with Crippen LogP contribution in [0.15, 0.2) is 16.6 Å². The molecule has 0 spiro atoms. The van der Waals surface area contributed by atoms with Gasteiger partial charge in [-0.3, -0.25) is 4.79 Å². The lowest BCUT2D eigenvalue weighted by Gasteiger charge is -2.04. The molecule has 1 aliphatic heterocycles. The smallest absolute Gasteiger partial charge is 0.255 e. The van der Waals surface area contributed by atoms with Gasteiger partial charge in [0, 0.05) is 18.1 Å². The molecule has 0 aliphatic carbocycles. The number of benzene rings is 1. The van der Waals surface area contributed by atoms with Crippen LogP contribution in [0.5, 0.6) is 0 Å². The fourth-order valence-corrected chi connectivity index (χ4v) is 2.19. The van der Waals surface area contributed by atoms with Crippen LogP contribution in [0.3, 0.4) is 0 Å². The van der Waals surface area contributed by atoms with E-state index in [2.05, 4.69) is 15.9 Å². The number of fused-ring (bicyclic) bond motifs is 1. The summed E-state index contributed by atoms with van der Waals surface area (Å²) in [7, 11) is 1.77. The molecule has 0 saturated heterocycles. The molecule has 2 nitrogen and oxygen atoms in total. The minimum absolute atomic E-state index is 0.00120. The predicted molar refractivity (Wildman–Crippen MR) is 54.9 cm³/mol. The van der Waals surface area contributed by atoms with Crippen LogP contribution in [0, 0.1) is 0 Å². The summed E-state index contributed by atoms with van der Waals surface area (Å²) in [6.07, 6.45) is 0. The first kappa shape index (κ1) is 9.03. The van der Waals surface area contributed by atoms with Crippen molar-refractivity contribution in [1.29, 1.82) is 0 Å². The van der Waals surface area contributed by atoms with Crippen LogP contribution in [0.2, 0.25) is 5.02 Å². The van der Waals surface area contributed by atoms with Gasteiger partial charge in [-0.05, 0) is 17.7 Å². The Morgan fingerprint density at radius 3 is 2.85 bits per heavy atom. The van der Waals surface area contributed by atoms with Crippen molar-refractivity contribution < 1.29 is 4.79 Å². The molecule has 0 N–H and O–H groups in total. The molecule has 0 unspecified atom stereocenters. The van der Waals surface area contributed by atoms with E-state index in [4.69, 9.17) is 11.6 Å². The standard InChI is InChI=1S/C9H7BrClNO/c1-12-4-5-6(10)2-3-7(11)8(5)9(12)13/h2-3H,4H2,1H3. The van der Waals surface area contributed by atoms with Gasteiger partial charge in [0.25, 0.3) is 5.91 Å². The van der Waals surface area contributed by atoms with Crippen molar-refractivity contribution in [2.24, 2.45) is 0 Å². The predicted octanol–water partition coefficient (Wildman–Crippen LogP) is 2.69. The number of carbonyl (C=O) groups excluding carboxylic acids is 1. The summed E-state index contributed by atoms with van der Waals surface area (Å²) < 4.78 is 0.949. The SMILES string of the molecule is CN1Cc2c(Br)ccc(Cl)c2C1=O. The average Bonchev–Trinajstić information content (AvgIpc) is 2.38. The van der Waals surface area contributed by atoms with E-state index in [1.165, 1.54) is 0 Å². The molecule has 0 saturated carbocycles. The van der Waals surface area contributed by atoms with Gasteiger partial charge >= 0.3 is 0 Å². The number of amides is 1. The van der Waals surface area contributed by atoms with Gasteiger partial charge in [0.1, 0.15) is 0 Å². The lowest BCUT2D eigenvalue weighted by Crippen LogP contribution is -2.17. The van der Waals surface area contributed by atoms with Crippen LogP contribution in [-0.4, -0.2) is 17.9 Å². The summed E-state index contributed by atoms with van der Waals surface area (Å²) in [6.45, 7) is 0.634. The average molecular weight is 261 g/mol. The zero-order valence-electron chi connectivity index (χ0n) is 6.97. The van der Waals surface area contributed by atoms with Gasteiger partial charge in [-0.15, -0.1) is 0 Å². The highest BCUT2D eigenvalue weighted by atomic mass is 79.9. The zero-order chi connectivity index (χ0) is 9.59. The maximum absolute atomic E-state index is 11.6. The number of halogens is 2. The molecule has 1 aromatic carbocycles. The molecule has 0 atom stereocenters. The van der Waals surface area contributed by atoms with Crippen molar-refractivity contribution in [1.82, 2.24) is 4.90 Å². The van der Waals surface area contributed by atoms with Crippen molar-refractivity contribution in [2.45, 2.75) is 6.54 Å². The van der Waals surface area contributed by atoms with Crippen molar-refractivity contribution in [3.8, 4) is 0 Å². The second-order valence-corrected chi connectivity index (χ2v) is 4.31. The lowest BCUT2D eigenvalue weighted by molar-refractivity contribution is 0.0816. The summed E-state index contributed by atoms with van der Waals surface area (Å²) in [5, 5.41) is 0.535. The molecule has 1 aromatic rings. The molecular weight excluding hydrogens is 253 g/mol. The van der Waals surface area contributed by atoms with Gasteiger partial charge < -0.3 is 4.90 Å². The van der Waals surface area contributed by atoms with E-state index in [9.17, 15) is 4.79 Å². The topological polar surface area (TPSA) is 20.3 Å². The number of hydrogen-bond acceptors (Lipinski definition) is 1. The van der Waals surface area contributed by atoms with E-state index in [1.807, 2.05) is 6.07 Å². The van der Waals surface area contributed by atoms with Crippen LogP contribution < -0.4 is 0 Å². The van der Waals surface area contributed by atoms with Crippen LogP contribution in [0.25, 0.3) is 0 Å². The molecule has 13 heavy (non-hydrogen) atoms. The van der Waals surface area contributed by atoms with Gasteiger partial charge in [0.2, 0.25) is 0 Å². The number of rotatable bonds is 0. The molecule has 0 radical (unpaired) electrons. The van der Waals surface area contributed by atoms with E-state index in [-0.39, 0.29) is 5.91 Å². The van der Waals surface area contributed by atoms with Crippen LogP contribution >= 0.6 is 27.5 Å². The fourth-order valence-electron chi connectivity index (χ4n) is 1.48. The third-order valence-corrected chi connectivity index (χ3v) is 3.22. The Kier molecular flexibility index (Phi) is 2.08. The van der Waals surface area contributed by atoms with Gasteiger partial charge in [-0.25, -0.2) is 0 Å². The Balaban J connectivity index is 2.68. The minimum atomic E-state index is 0.00120. The molecule has 1 aliphatic rings. The highest BCUT2D eigenvalue weighted by Gasteiger charge is 2.28. The fraction of sp³-hybridized carbons (Fsp3) is 0.222. The molecule has 1 amide bonds. The molecule has 4 heteroatoms. The number of nitrogens with zero attached hydrogens (tertiary/aromatic N) is 1. The summed E-state index contributed by atoms with van der Waals surface area (Å²) in [4.78, 5) is 13.2. The third kappa shape index (κ3) is 1.27. The summed E-state index contributed by atoms with van der Waals surface area (Å²) in [5.74, 6) is 0.00120. The second-order valence-electron chi connectivity index (χ2n) is 3.04. The first-order valence-electron chi connectivity index (χ1n) is 3.83. The molecule has 68 valence electrons. The monoisotopic (exact) mass is 259 g/mol. The van der Waals surface area contributed by atoms with Crippen molar-refractivity contribution in [3.63, 3.8) is 0 Å². The van der Waals surface area contributed by atoms with E-state index in [0.717, 1.165) is 10.0 Å². The van der Waals surface area contributed by atoms with Gasteiger partial charge in [0.05, 0.1) is 10.6 Å². The molecule has 1 heterocycles. The molecule has 0 aromatic heterocycles.